The minimum Gasteiger partial charge on any atom is -0.368 e. The minimum atomic E-state index is 0.361. The number of nitrogens with zero attached hydrogens (tertiary/aromatic N) is 2. The smallest absolute Gasteiger partial charge is 0.223 e. The number of hydrogen-bond donors (Lipinski definition) is 2. The molecule has 2 aromatic rings. The highest BCUT2D eigenvalue weighted by molar-refractivity contribution is 7.18. The Labute approximate surface area is 97.9 Å². The quantitative estimate of drug-likeness (QED) is 0.856. The molecule has 0 atom stereocenters. The van der Waals surface area contributed by atoms with Crippen LogP contribution in [0.25, 0.3) is 10.2 Å². The largest absolute Gasteiger partial charge is 0.368 e. The maximum absolute atomic E-state index is 5.72. The van der Waals surface area contributed by atoms with Gasteiger partial charge in [-0.2, -0.15) is 4.98 Å². The topological polar surface area (TPSA) is 63.8 Å². The molecule has 4 nitrogen and oxygen atoms in total. The van der Waals surface area contributed by atoms with Crippen molar-refractivity contribution < 1.29 is 0 Å². The fourth-order valence-electron chi connectivity index (χ4n) is 1.69. The number of rotatable bonds is 3. The van der Waals surface area contributed by atoms with Crippen molar-refractivity contribution in [2.45, 2.75) is 32.2 Å². The number of fused-ring (bicyclic) bond motifs is 1. The zero-order chi connectivity index (χ0) is 11.1. The monoisotopic (exact) mass is 234 g/mol. The summed E-state index contributed by atoms with van der Waals surface area (Å²) in [6, 6.07) is 2.76. The van der Waals surface area contributed by atoms with E-state index in [0.717, 1.165) is 22.5 Å². The van der Waals surface area contributed by atoms with E-state index in [4.69, 9.17) is 5.73 Å². The van der Waals surface area contributed by atoms with E-state index >= 15 is 0 Å². The Kier molecular flexibility index (Phi) is 2.21. The van der Waals surface area contributed by atoms with Gasteiger partial charge in [-0.05, 0) is 25.3 Å². The maximum Gasteiger partial charge on any atom is 0.223 e. The molecule has 84 valence electrons. The Bertz CT molecular complexity index is 530. The van der Waals surface area contributed by atoms with Crippen molar-refractivity contribution in [2.24, 2.45) is 0 Å². The van der Waals surface area contributed by atoms with Crippen LogP contribution in [0.1, 0.15) is 24.6 Å². The van der Waals surface area contributed by atoms with Crippen LogP contribution in [0, 0.1) is 0 Å². The van der Waals surface area contributed by atoms with Crippen molar-refractivity contribution in [2.75, 3.05) is 11.1 Å². The molecule has 1 aliphatic rings. The number of hydrogen-bond acceptors (Lipinski definition) is 5. The standard InChI is InChI=1S/C11H14N4S/c1-2-7-5-8-9(13-6-3-4-6)14-11(12)15-10(8)16-7/h5-6H,2-4H2,1H3,(H3,12,13,14,15). The van der Waals surface area contributed by atoms with Crippen molar-refractivity contribution in [1.82, 2.24) is 9.97 Å². The lowest BCUT2D eigenvalue weighted by molar-refractivity contribution is 1.11. The first-order chi connectivity index (χ1) is 7.76. The normalized spacial score (nSPS) is 15.6. The van der Waals surface area contributed by atoms with E-state index < -0.39 is 0 Å². The molecular weight excluding hydrogens is 220 g/mol. The second kappa shape index (κ2) is 3.59. The molecule has 0 radical (unpaired) electrons. The Hall–Kier alpha value is -1.36. The van der Waals surface area contributed by atoms with Crippen LogP contribution in [0.3, 0.4) is 0 Å². The van der Waals surface area contributed by atoms with Gasteiger partial charge in [-0.3, -0.25) is 0 Å². The molecule has 0 aliphatic heterocycles. The Morgan fingerprint density at radius 3 is 3.00 bits per heavy atom. The molecule has 0 spiro atoms. The molecule has 0 amide bonds. The van der Waals surface area contributed by atoms with Crippen molar-refractivity contribution in [3.05, 3.63) is 10.9 Å². The summed E-state index contributed by atoms with van der Waals surface area (Å²) in [7, 11) is 0. The Morgan fingerprint density at radius 1 is 1.50 bits per heavy atom. The summed E-state index contributed by atoms with van der Waals surface area (Å²) < 4.78 is 0. The van der Waals surface area contributed by atoms with Gasteiger partial charge in [0.2, 0.25) is 5.95 Å². The summed E-state index contributed by atoms with van der Waals surface area (Å²) >= 11 is 1.70. The molecule has 0 unspecified atom stereocenters. The second-order valence-corrected chi connectivity index (χ2v) is 5.25. The molecule has 1 fully saturated rings. The zero-order valence-corrected chi connectivity index (χ0v) is 9.97. The predicted octanol–water partition coefficient (Wildman–Crippen LogP) is 2.41. The van der Waals surface area contributed by atoms with E-state index in [9.17, 15) is 0 Å². The van der Waals surface area contributed by atoms with Crippen molar-refractivity contribution in [1.29, 1.82) is 0 Å². The highest BCUT2D eigenvalue weighted by Crippen LogP contribution is 2.32. The molecule has 5 heteroatoms. The first kappa shape index (κ1) is 9.84. The van der Waals surface area contributed by atoms with Gasteiger partial charge < -0.3 is 11.1 Å². The van der Waals surface area contributed by atoms with Crippen LogP contribution < -0.4 is 11.1 Å². The molecule has 0 aromatic carbocycles. The molecule has 3 N–H and O–H groups in total. The van der Waals surface area contributed by atoms with E-state index in [0.29, 0.717) is 12.0 Å². The summed E-state index contributed by atoms with van der Waals surface area (Å²) in [4.78, 5) is 10.9. The third-order valence-electron chi connectivity index (χ3n) is 2.73. The SMILES string of the molecule is CCc1cc2c(NC3CC3)nc(N)nc2s1. The van der Waals surface area contributed by atoms with Gasteiger partial charge in [-0.25, -0.2) is 4.98 Å². The summed E-state index contributed by atoms with van der Waals surface area (Å²) in [6.07, 6.45) is 3.50. The summed E-state index contributed by atoms with van der Waals surface area (Å²) in [5.41, 5.74) is 5.72. The molecule has 3 rings (SSSR count). The van der Waals surface area contributed by atoms with Crippen molar-refractivity contribution in [3.63, 3.8) is 0 Å². The van der Waals surface area contributed by atoms with Gasteiger partial charge in [0.05, 0.1) is 5.39 Å². The van der Waals surface area contributed by atoms with Gasteiger partial charge in [0.1, 0.15) is 10.6 Å². The molecule has 0 saturated heterocycles. The van der Waals surface area contributed by atoms with E-state index in [1.165, 1.54) is 17.7 Å². The lowest BCUT2D eigenvalue weighted by Crippen LogP contribution is -2.05. The number of nitrogen functional groups attached to an aromatic ring is 1. The Balaban J connectivity index is 2.11. The van der Waals surface area contributed by atoms with Crippen LogP contribution >= 0.6 is 11.3 Å². The predicted molar refractivity (Wildman–Crippen MR) is 67.9 cm³/mol. The van der Waals surface area contributed by atoms with E-state index in [2.05, 4.69) is 28.3 Å². The highest BCUT2D eigenvalue weighted by Gasteiger charge is 2.23. The second-order valence-electron chi connectivity index (χ2n) is 4.13. The first-order valence-electron chi connectivity index (χ1n) is 5.58. The fourth-order valence-corrected chi connectivity index (χ4v) is 2.67. The van der Waals surface area contributed by atoms with Crippen molar-refractivity contribution in [3.8, 4) is 0 Å². The van der Waals surface area contributed by atoms with E-state index in [-0.39, 0.29) is 0 Å². The number of aryl methyl sites for hydroxylation is 1. The minimum absolute atomic E-state index is 0.361. The van der Waals surface area contributed by atoms with Crippen LogP contribution in [0.2, 0.25) is 0 Å². The summed E-state index contributed by atoms with van der Waals surface area (Å²) in [5, 5.41) is 4.53. The number of thiophene rings is 1. The third-order valence-corrected chi connectivity index (χ3v) is 3.90. The van der Waals surface area contributed by atoms with Gasteiger partial charge in [0, 0.05) is 10.9 Å². The van der Waals surface area contributed by atoms with Gasteiger partial charge in [0.15, 0.2) is 0 Å². The van der Waals surface area contributed by atoms with E-state index in [1.54, 1.807) is 11.3 Å². The molecule has 16 heavy (non-hydrogen) atoms. The van der Waals surface area contributed by atoms with Crippen molar-refractivity contribution >= 4 is 33.3 Å². The van der Waals surface area contributed by atoms with Crippen LogP contribution in [0.4, 0.5) is 11.8 Å². The van der Waals surface area contributed by atoms with E-state index in [1.807, 2.05) is 0 Å². The number of nitrogens with one attached hydrogen (secondary N) is 1. The molecule has 1 aliphatic carbocycles. The van der Waals surface area contributed by atoms with Gasteiger partial charge in [-0.1, -0.05) is 6.92 Å². The molecule has 1 saturated carbocycles. The number of nitrogens with two attached hydrogens (primary N) is 1. The average Bonchev–Trinajstić information content (AvgIpc) is 2.95. The highest BCUT2D eigenvalue weighted by atomic mass is 32.1. The number of anilines is 2. The van der Waals surface area contributed by atoms with Crippen LogP contribution in [0.5, 0.6) is 0 Å². The average molecular weight is 234 g/mol. The van der Waals surface area contributed by atoms with Gasteiger partial charge in [-0.15, -0.1) is 11.3 Å². The first-order valence-corrected chi connectivity index (χ1v) is 6.40. The third kappa shape index (κ3) is 1.71. The van der Waals surface area contributed by atoms with Crippen LogP contribution in [0.15, 0.2) is 6.07 Å². The van der Waals surface area contributed by atoms with Gasteiger partial charge >= 0.3 is 0 Å². The lowest BCUT2D eigenvalue weighted by Gasteiger charge is -2.04. The van der Waals surface area contributed by atoms with Crippen LogP contribution in [-0.4, -0.2) is 16.0 Å². The maximum atomic E-state index is 5.72. The summed E-state index contributed by atoms with van der Waals surface area (Å²) in [5.74, 6) is 1.26. The molecule has 2 heterocycles. The molecule has 0 bridgehead atoms. The summed E-state index contributed by atoms with van der Waals surface area (Å²) in [6.45, 7) is 2.15. The van der Waals surface area contributed by atoms with Crippen LogP contribution in [-0.2, 0) is 6.42 Å². The molecule has 2 aromatic heterocycles. The zero-order valence-electron chi connectivity index (χ0n) is 9.16. The molecular formula is C11H14N4S. The number of aromatic nitrogens is 2. The Morgan fingerprint density at radius 2 is 2.31 bits per heavy atom. The lowest BCUT2D eigenvalue weighted by atomic mass is 10.3. The fraction of sp³-hybridized carbons (Fsp3) is 0.455. The van der Waals surface area contributed by atoms with Gasteiger partial charge in [0.25, 0.3) is 0 Å².